The summed E-state index contributed by atoms with van der Waals surface area (Å²) in [6, 6.07) is 0. The second-order valence-corrected chi connectivity index (χ2v) is 8.90. The third-order valence-electron chi connectivity index (χ3n) is 5.98. The molecule has 0 aromatic rings. The predicted octanol–water partition coefficient (Wildman–Crippen LogP) is 5.12. The second-order valence-electron chi connectivity index (χ2n) is 8.90. The van der Waals surface area contributed by atoms with Gasteiger partial charge < -0.3 is 9.90 Å². The fraction of sp³-hybridized carbons (Fsp3) is 0.962. The van der Waals surface area contributed by atoms with Crippen molar-refractivity contribution < 1.29 is 61.3 Å². The third kappa shape index (κ3) is 31.4. The van der Waals surface area contributed by atoms with E-state index >= 15 is 0 Å². The van der Waals surface area contributed by atoms with Crippen molar-refractivity contribution in [2.75, 3.05) is 0 Å². The van der Waals surface area contributed by atoms with Crippen LogP contribution in [-0.2, 0) is 4.79 Å². The van der Waals surface area contributed by atoms with Crippen LogP contribution in [0.15, 0.2) is 0 Å². The molecule has 168 valence electrons. The van der Waals surface area contributed by atoms with Gasteiger partial charge >= 0.3 is 51.4 Å². The average Bonchev–Trinajstić information content (AvgIpc) is 2.68. The van der Waals surface area contributed by atoms with Crippen molar-refractivity contribution in [2.45, 2.75) is 161 Å². The summed E-state index contributed by atoms with van der Waals surface area (Å²) in [5.74, 6) is -0.900. The molecule has 0 N–H and O–H groups in total. The standard InChI is InChI=1S/C26H52O2.K/c1-2-3-4-5-6-7-8-9-10-11-12-13-14-15-16-17-18-19-20-21-22-23-24-25-26(27)28;/h2-25H2,1H3,(H,27,28);/q;+1/p-1. The molecule has 0 unspecified atom stereocenters. The molecular formula is C26H51KO2. The van der Waals surface area contributed by atoms with Gasteiger partial charge in [-0.1, -0.05) is 148 Å². The van der Waals surface area contributed by atoms with Gasteiger partial charge in [0.15, 0.2) is 0 Å². The first-order valence-corrected chi connectivity index (χ1v) is 13.0. The van der Waals surface area contributed by atoms with Crippen molar-refractivity contribution in [3.63, 3.8) is 0 Å². The maximum absolute atomic E-state index is 10.3. The Hall–Kier alpha value is 1.11. The van der Waals surface area contributed by atoms with E-state index in [9.17, 15) is 9.90 Å². The fourth-order valence-electron chi connectivity index (χ4n) is 4.05. The van der Waals surface area contributed by atoms with Crippen LogP contribution in [0.5, 0.6) is 0 Å². The van der Waals surface area contributed by atoms with Crippen molar-refractivity contribution in [1.29, 1.82) is 0 Å². The summed E-state index contributed by atoms with van der Waals surface area (Å²) in [5, 5.41) is 10.3. The Kier molecular flexibility index (Phi) is 32.4. The van der Waals surface area contributed by atoms with E-state index in [0.717, 1.165) is 12.8 Å². The Morgan fingerprint density at radius 1 is 0.448 bits per heavy atom. The van der Waals surface area contributed by atoms with Gasteiger partial charge in [-0.05, 0) is 12.8 Å². The number of unbranched alkanes of at least 4 members (excludes halogenated alkanes) is 22. The van der Waals surface area contributed by atoms with Crippen LogP contribution >= 0.6 is 0 Å². The topological polar surface area (TPSA) is 40.1 Å². The van der Waals surface area contributed by atoms with Gasteiger partial charge in [-0.3, -0.25) is 0 Å². The molecule has 29 heavy (non-hydrogen) atoms. The first-order chi connectivity index (χ1) is 13.8. The molecule has 0 radical (unpaired) electrons. The minimum absolute atomic E-state index is 0. The number of hydrogen-bond acceptors (Lipinski definition) is 2. The van der Waals surface area contributed by atoms with Crippen molar-refractivity contribution in [3.8, 4) is 0 Å². The van der Waals surface area contributed by atoms with E-state index in [2.05, 4.69) is 6.92 Å². The van der Waals surface area contributed by atoms with Crippen LogP contribution in [0.2, 0.25) is 0 Å². The minimum atomic E-state index is -0.900. The molecule has 0 rings (SSSR count). The van der Waals surface area contributed by atoms with Crippen LogP contribution in [0.1, 0.15) is 161 Å². The summed E-state index contributed by atoms with van der Waals surface area (Å²) in [6.07, 6.45) is 31.7. The number of carbonyl (C=O) groups excluding carboxylic acids is 1. The molecule has 0 saturated carbocycles. The molecule has 2 nitrogen and oxygen atoms in total. The summed E-state index contributed by atoms with van der Waals surface area (Å²) in [6.45, 7) is 2.29. The largest absolute Gasteiger partial charge is 1.00 e. The maximum Gasteiger partial charge on any atom is 1.00 e. The summed E-state index contributed by atoms with van der Waals surface area (Å²) in [5.41, 5.74) is 0. The van der Waals surface area contributed by atoms with Gasteiger partial charge in [0.1, 0.15) is 0 Å². The Morgan fingerprint density at radius 3 is 0.862 bits per heavy atom. The zero-order chi connectivity index (χ0) is 20.5. The Labute approximate surface area is 226 Å². The number of aliphatic carboxylic acids is 1. The van der Waals surface area contributed by atoms with Crippen molar-refractivity contribution in [2.24, 2.45) is 0 Å². The quantitative estimate of drug-likeness (QED) is 0.156. The first kappa shape index (κ1) is 32.3. The van der Waals surface area contributed by atoms with E-state index in [0.29, 0.717) is 0 Å². The summed E-state index contributed by atoms with van der Waals surface area (Å²) in [4.78, 5) is 10.3. The van der Waals surface area contributed by atoms with Crippen LogP contribution in [-0.4, -0.2) is 5.97 Å². The fourth-order valence-corrected chi connectivity index (χ4v) is 4.05. The SMILES string of the molecule is CCCCCCCCCCCCCCCCCCCCCCCCCC(=O)[O-].[K+]. The average molecular weight is 435 g/mol. The van der Waals surface area contributed by atoms with E-state index in [4.69, 9.17) is 0 Å². The normalized spacial score (nSPS) is 10.8. The van der Waals surface area contributed by atoms with Crippen LogP contribution < -0.4 is 56.5 Å². The zero-order valence-corrected chi connectivity index (χ0v) is 23.4. The molecule has 0 heterocycles. The zero-order valence-electron chi connectivity index (χ0n) is 20.3. The number of hydrogen-bond donors (Lipinski definition) is 0. The van der Waals surface area contributed by atoms with E-state index in [1.54, 1.807) is 0 Å². The van der Waals surface area contributed by atoms with Crippen molar-refractivity contribution in [3.05, 3.63) is 0 Å². The second kappa shape index (κ2) is 29.1. The molecule has 0 bridgehead atoms. The molecule has 0 saturated heterocycles. The van der Waals surface area contributed by atoms with Gasteiger partial charge in [-0.15, -0.1) is 0 Å². The Morgan fingerprint density at radius 2 is 0.655 bits per heavy atom. The van der Waals surface area contributed by atoms with Gasteiger partial charge in [0.25, 0.3) is 0 Å². The van der Waals surface area contributed by atoms with Crippen LogP contribution in [0.25, 0.3) is 0 Å². The molecule has 0 aliphatic carbocycles. The summed E-state index contributed by atoms with van der Waals surface area (Å²) < 4.78 is 0. The van der Waals surface area contributed by atoms with Crippen molar-refractivity contribution >= 4 is 5.97 Å². The van der Waals surface area contributed by atoms with Crippen molar-refractivity contribution in [1.82, 2.24) is 0 Å². The molecule has 3 heteroatoms. The van der Waals surface area contributed by atoms with Gasteiger partial charge in [0.05, 0.1) is 0 Å². The number of carbonyl (C=O) groups is 1. The molecule has 0 aromatic heterocycles. The van der Waals surface area contributed by atoms with Crippen LogP contribution in [0, 0.1) is 0 Å². The van der Waals surface area contributed by atoms with Crippen LogP contribution in [0.4, 0.5) is 0 Å². The molecule has 0 amide bonds. The summed E-state index contributed by atoms with van der Waals surface area (Å²) in [7, 11) is 0. The molecule has 0 aromatic carbocycles. The van der Waals surface area contributed by atoms with E-state index in [-0.39, 0.29) is 57.8 Å². The predicted molar refractivity (Wildman–Crippen MR) is 121 cm³/mol. The number of carboxylic acids is 1. The molecule has 0 spiro atoms. The Bertz CT molecular complexity index is 307. The molecule has 0 aliphatic rings. The minimum Gasteiger partial charge on any atom is -0.550 e. The van der Waals surface area contributed by atoms with E-state index in [1.807, 2.05) is 0 Å². The summed E-state index contributed by atoms with van der Waals surface area (Å²) >= 11 is 0. The van der Waals surface area contributed by atoms with Crippen LogP contribution in [0.3, 0.4) is 0 Å². The van der Waals surface area contributed by atoms with E-state index in [1.165, 1.54) is 135 Å². The Balaban J connectivity index is 0. The molecule has 0 aliphatic heterocycles. The number of carboxylic acid groups (broad SMARTS) is 1. The monoisotopic (exact) mass is 434 g/mol. The maximum atomic E-state index is 10.3. The number of rotatable bonds is 24. The van der Waals surface area contributed by atoms with E-state index < -0.39 is 5.97 Å². The molecule has 0 atom stereocenters. The van der Waals surface area contributed by atoms with Gasteiger partial charge in [0, 0.05) is 5.97 Å². The third-order valence-corrected chi connectivity index (χ3v) is 5.98. The smallest absolute Gasteiger partial charge is 0.550 e. The molecular weight excluding hydrogens is 383 g/mol. The first-order valence-electron chi connectivity index (χ1n) is 13.0. The van der Waals surface area contributed by atoms with Gasteiger partial charge in [-0.2, -0.15) is 0 Å². The van der Waals surface area contributed by atoms with Gasteiger partial charge in [0.2, 0.25) is 0 Å². The molecule has 0 fully saturated rings. The van der Waals surface area contributed by atoms with Gasteiger partial charge in [-0.25, -0.2) is 0 Å².